The average molecular weight is 552 g/mol. The molecule has 2 aromatic carbocycles. The van der Waals surface area contributed by atoms with Crippen LogP contribution in [0.3, 0.4) is 0 Å². The van der Waals surface area contributed by atoms with Crippen molar-refractivity contribution in [2.24, 2.45) is 0 Å². The molecule has 0 unspecified atom stereocenters. The average Bonchev–Trinajstić information content (AvgIpc) is 2.82. The van der Waals surface area contributed by atoms with Gasteiger partial charge >= 0.3 is 24.6 Å². The summed E-state index contributed by atoms with van der Waals surface area (Å²) in [6.07, 6.45) is -16.1. The Morgan fingerprint density at radius 1 is 0.947 bits per heavy atom. The molecule has 2 aromatic rings. The Balaban J connectivity index is 2.28. The maximum Gasteiger partial charge on any atom is 0.416 e. The van der Waals surface area contributed by atoms with Crippen LogP contribution in [0.5, 0.6) is 0 Å². The van der Waals surface area contributed by atoms with Gasteiger partial charge in [0.05, 0.1) is 41.0 Å². The number of amides is 1. The Morgan fingerprint density at radius 3 is 1.95 bits per heavy atom. The van der Waals surface area contributed by atoms with Gasteiger partial charge in [-0.2, -0.15) is 44.8 Å². The number of carbonyl (C=O) groups excluding carboxylic acids is 1. The fourth-order valence-electron chi connectivity index (χ4n) is 4.63. The second-order valence-electron chi connectivity index (χ2n) is 8.69. The van der Waals surface area contributed by atoms with Crippen LogP contribution >= 0.6 is 0 Å². The summed E-state index contributed by atoms with van der Waals surface area (Å²) >= 11 is 0. The molecular weight excluding hydrogens is 531 g/mol. The normalized spacial score (nSPS) is 18.9. The molecule has 0 N–H and O–H groups in total. The molecule has 0 radical (unpaired) electrons. The standard InChI is InChI=1S/C25H21F9N2O2/c1-3-17-11-18(19-10-14(23(26,27)28)5-6-21(19)36(17)22(37)38-4-2)20(12-35)13-7-15(24(29,30)31)9-16(8-13)25(32,33)34/h5-10,17-18,20H,3-4,11H2,1-2H3/t17-,18+,20-/m1/s1. The van der Waals surface area contributed by atoms with Gasteiger partial charge in [-0.05, 0) is 67.3 Å². The van der Waals surface area contributed by atoms with E-state index in [4.69, 9.17) is 4.74 Å². The van der Waals surface area contributed by atoms with Crippen molar-refractivity contribution in [3.63, 3.8) is 0 Å². The molecule has 3 atom stereocenters. The first-order chi connectivity index (χ1) is 17.5. The van der Waals surface area contributed by atoms with Crippen LogP contribution < -0.4 is 4.90 Å². The number of nitriles is 1. The molecule has 3 rings (SSSR count). The number of hydrogen-bond donors (Lipinski definition) is 0. The van der Waals surface area contributed by atoms with Gasteiger partial charge in [0.25, 0.3) is 0 Å². The zero-order chi connectivity index (χ0) is 28.6. The van der Waals surface area contributed by atoms with E-state index in [9.17, 15) is 49.6 Å². The zero-order valence-corrected chi connectivity index (χ0v) is 19.9. The summed E-state index contributed by atoms with van der Waals surface area (Å²) in [7, 11) is 0. The van der Waals surface area contributed by atoms with Crippen molar-refractivity contribution in [3.8, 4) is 6.07 Å². The summed E-state index contributed by atoms with van der Waals surface area (Å²) in [5.74, 6) is -2.96. The number of benzene rings is 2. The lowest BCUT2D eigenvalue weighted by Crippen LogP contribution is -2.45. The van der Waals surface area contributed by atoms with Crippen molar-refractivity contribution >= 4 is 11.8 Å². The van der Waals surface area contributed by atoms with Gasteiger partial charge in [0.2, 0.25) is 0 Å². The van der Waals surface area contributed by atoms with Gasteiger partial charge in [-0.1, -0.05) is 6.92 Å². The molecule has 0 saturated heterocycles. The fourth-order valence-corrected chi connectivity index (χ4v) is 4.63. The van der Waals surface area contributed by atoms with Gasteiger partial charge in [-0.25, -0.2) is 4.79 Å². The van der Waals surface area contributed by atoms with Crippen molar-refractivity contribution in [1.29, 1.82) is 5.26 Å². The summed E-state index contributed by atoms with van der Waals surface area (Å²) in [5, 5.41) is 9.95. The van der Waals surface area contributed by atoms with E-state index in [-0.39, 0.29) is 36.8 Å². The third-order valence-corrected chi connectivity index (χ3v) is 6.35. The summed E-state index contributed by atoms with van der Waals surface area (Å²) in [5.41, 5.74) is -5.39. The molecule has 0 fully saturated rings. The molecule has 1 aliphatic rings. The van der Waals surface area contributed by atoms with Crippen molar-refractivity contribution in [2.75, 3.05) is 11.5 Å². The second kappa shape index (κ2) is 10.4. The zero-order valence-electron chi connectivity index (χ0n) is 19.9. The van der Waals surface area contributed by atoms with Crippen LogP contribution in [-0.4, -0.2) is 18.7 Å². The maximum absolute atomic E-state index is 13.6. The number of ether oxygens (including phenoxy) is 1. The Hall–Kier alpha value is -3.43. The Kier molecular flexibility index (Phi) is 7.96. The van der Waals surface area contributed by atoms with Gasteiger partial charge in [0, 0.05) is 12.0 Å². The lowest BCUT2D eigenvalue weighted by atomic mass is 9.74. The molecule has 0 spiro atoms. The van der Waals surface area contributed by atoms with Crippen LogP contribution in [-0.2, 0) is 23.3 Å². The van der Waals surface area contributed by atoms with Gasteiger partial charge in [0.1, 0.15) is 0 Å². The molecule has 4 nitrogen and oxygen atoms in total. The van der Waals surface area contributed by atoms with E-state index in [0.29, 0.717) is 24.3 Å². The largest absolute Gasteiger partial charge is 0.449 e. The highest BCUT2D eigenvalue weighted by Crippen LogP contribution is 2.49. The highest BCUT2D eigenvalue weighted by Gasteiger charge is 2.43. The summed E-state index contributed by atoms with van der Waals surface area (Å²) < 4.78 is 126. The van der Waals surface area contributed by atoms with Crippen LogP contribution in [0.4, 0.5) is 50.0 Å². The van der Waals surface area contributed by atoms with Crippen molar-refractivity contribution in [1.82, 2.24) is 0 Å². The molecule has 0 bridgehead atoms. The van der Waals surface area contributed by atoms with E-state index in [1.807, 2.05) is 0 Å². The number of anilines is 1. The molecule has 0 aliphatic carbocycles. The first kappa shape index (κ1) is 29.1. The van der Waals surface area contributed by atoms with Gasteiger partial charge < -0.3 is 4.74 Å². The predicted octanol–water partition coefficient (Wildman–Crippen LogP) is 8.28. The molecule has 1 amide bonds. The minimum atomic E-state index is -5.18. The first-order valence-corrected chi connectivity index (χ1v) is 11.4. The second-order valence-corrected chi connectivity index (χ2v) is 8.69. The van der Waals surface area contributed by atoms with Crippen molar-refractivity contribution < 1.29 is 49.0 Å². The van der Waals surface area contributed by atoms with E-state index >= 15 is 0 Å². The molecule has 0 saturated carbocycles. The monoisotopic (exact) mass is 552 g/mol. The minimum absolute atomic E-state index is 0.0591. The summed E-state index contributed by atoms with van der Waals surface area (Å²) in [6.45, 7) is 3.09. The molecule has 13 heteroatoms. The van der Waals surface area contributed by atoms with Crippen molar-refractivity contribution in [2.45, 2.75) is 63.1 Å². The molecule has 0 aromatic heterocycles. The van der Waals surface area contributed by atoms with E-state index < -0.39 is 64.8 Å². The van der Waals surface area contributed by atoms with E-state index in [1.165, 1.54) is 6.92 Å². The van der Waals surface area contributed by atoms with Crippen LogP contribution in [0.1, 0.15) is 66.3 Å². The van der Waals surface area contributed by atoms with E-state index in [2.05, 4.69) is 0 Å². The smallest absolute Gasteiger partial charge is 0.416 e. The fraction of sp³-hybridized carbons (Fsp3) is 0.440. The van der Waals surface area contributed by atoms with Gasteiger partial charge in [0.15, 0.2) is 0 Å². The third-order valence-electron chi connectivity index (χ3n) is 6.35. The number of fused-ring (bicyclic) bond motifs is 1. The maximum atomic E-state index is 13.6. The minimum Gasteiger partial charge on any atom is -0.449 e. The number of rotatable bonds is 4. The number of halogens is 9. The highest BCUT2D eigenvalue weighted by atomic mass is 19.4. The highest BCUT2D eigenvalue weighted by molar-refractivity contribution is 5.90. The van der Waals surface area contributed by atoms with Crippen LogP contribution in [0, 0.1) is 11.3 Å². The van der Waals surface area contributed by atoms with Crippen LogP contribution in [0.15, 0.2) is 36.4 Å². The number of carbonyl (C=O) groups is 1. The SMILES string of the molecule is CCOC(=O)N1c2ccc(C(F)(F)F)cc2[C@@H]([C@H](C#N)c2cc(C(F)(F)F)cc(C(F)(F)F)c2)C[C@H]1CC. The molecule has 1 heterocycles. The summed E-state index contributed by atoms with van der Waals surface area (Å²) in [4.78, 5) is 13.8. The topological polar surface area (TPSA) is 53.3 Å². The Morgan fingerprint density at radius 2 is 1.50 bits per heavy atom. The lowest BCUT2D eigenvalue weighted by molar-refractivity contribution is -0.143. The van der Waals surface area contributed by atoms with E-state index in [1.54, 1.807) is 13.0 Å². The predicted molar refractivity (Wildman–Crippen MR) is 117 cm³/mol. The van der Waals surface area contributed by atoms with E-state index in [0.717, 1.165) is 11.0 Å². The third kappa shape index (κ3) is 5.84. The Labute approximate surface area is 211 Å². The van der Waals surface area contributed by atoms with Gasteiger partial charge in [-0.3, -0.25) is 4.90 Å². The Bertz CT molecular complexity index is 1200. The summed E-state index contributed by atoms with van der Waals surface area (Å²) in [6, 6.07) is 4.02. The molecular formula is C25H21F9N2O2. The molecule has 206 valence electrons. The van der Waals surface area contributed by atoms with Crippen molar-refractivity contribution in [3.05, 3.63) is 64.2 Å². The van der Waals surface area contributed by atoms with Gasteiger partial charge in [-0.15, -0.1) is 0 Å². The molecule has 1 aliphatic heterocycles. The van der Waals surface area contributed by atoms with Crippen LogP contribution in [0.25, 0.3) is 0 Å². The number of hydrogen-bond acceptors (Lipinski definition) is 3. The number of nitrogens with zero attached hydrogens (tertiary/aromatic N) is 2. The lowest BCUT2D eigenvalue weighted by Gasteiger charge is -2.41. The molecule has 38 heavy (non-hydrogen) atoms. The first-order valence-electron chi connectivity index (χ1n) is 11.4. The van der Waals surface area contributed by atoms with Crippen LogP contribution in [0.2, 0.25) is 0 Å². The number of alkyl halides is 9. The quantitative estimate of drug-likeness (QED) is 0.359.